The molecule has 0 atom stereocenters. The first-order chi connectivity index (χ1) is 10.1. The number of nitrogens with zero attached hydrogens (tertiary/aromatic N) is 1. The number of amides is 1. The van der Waals surface area contributed by atoms with E-state index in [9.17, 15) is 4.79 Å². The fourth-order valence-electron chi connectivity index (χ4n) is 2.40. The molecule has 0 N–H and O–H groups in total. The lowest BCUT2D eigenvalue weighted by atomic mass is 9.99. The first-order valence-electron chi connectivity index (χ1n) is 7.66. The maximum Gasteiger partial charge on any atom is 0.257 e. The van der Waals surface area contributed by atoms with Crippen molar-refractivity contribution in [1.82, 2.24) is 4.90 Å². The predicted molar refractivity (Wildman–Crippen MR) is 85.4 cm³/mol. The van der Waals surface area contributed by atoms with Crippen molar-refractivity contribution in [3.8, 4) is 11.5 Å². The van der Waals surface area contributed by atoms with Crippen LogP contribution in [-0.2, 0) is 6.42 Å². The predicted octanol–water partition coefficient (Wildman–Crippen LogP) is 3.53. The number of methoxy groups -OCH3 is 2. The Hall–Kier alpha value is -1.71. The number of hydrogen-bond donors (Lipinski definition) is 0. The van der Waals surface area contributed by atoms with Gasteiger partial charge in [0.25, 0.3) is 5.91 Å². The molecule has 118 valence electrons. The maximum absolute atomic E-state index is 12.8. The number of hydrogen-bond acceptors (Lipinski definition) is 3. The average Bonchev–Trinajstić information content (AvgIpc) is 2.52. The fourth-order valence-corrected chi connectivity index (χ4v) is 2.40. The van der Waals surface area contributed by atoms with Crippen LogP contribution in [0, 0.1) is 0 Å². The van der Waals surface area contributed by atoms with Crippen LogP contribution >= 0.6 is 0 Å². The highest BCUT2D eigenvalue weighted by atomic mass is 16.5. The number of carbonyl (C=O) groups is 1. The normalized spacial score (nSPS) is 10.3. The number of ether oxygens (including phenoxy) is 2. The summed E-state index contributed by atoms with van der Waals surface area (Å²) in [6, 6.07) is 3.74. The van der Waals surface area contributed by atoms with Crippen molar-refractivity contribution in [1.29, 1.82) is 0 Å². The van der Waals surface area contributed by atoms with Gasteiger partial charge in [0, 0.05) is 19.2 Å². The van der Waals surface area contributed by atoms with E-state index in [0.29, 0.717) is 24.4 Å². The summed E-state index contributed by atoms with van der Waals surface area (Å²) in [7, 11) is 3.22. The monoisotopic (exact) mass is 293 g/mol. The van der Waals surface area contributed by atoms with E-state index < -0.39 is 0 Å². The van der Waals surface area contributed by atoms with E-state index in [-0.39, 0.29) is 5.91 Å². The largest absolute Gasteiger partial charge is 0.497 e. The second-order valence-corrected chi connectivity index (χ2v) is 4.94. The van der Waals surface area contributed by atoms with Gasteiger partial charge < -0.3 is 14.4 Å². The van der Waals surface area contributed by atoms with E-state index in [0.717, 1.165) is 30.6 Å². The molecule has 0 saturated heterocycles. The quantitative estimate of drug-likeness (QED) is 0.736. The molecule has 0 aliphatic rings. The molecular weight excluding hydrogens is 266 g/mol. The Bertz CT molecular complexity index is 467. The molecule has 0 radical (unpaired) electrons. The molecule has 0 heterocycles. The van der Waals surface area contributed by atoms with Gasteiger partial charge in [0.05, 0.1) is 19.8 Å². The smallest absolute Gasteiger partial charge is 0.257 e. The first-order valence-corrected chi connectivity index (χ1v) is 7.66. The molecule has 0 bridgehead atoms. The molecule has 4 heteroatoms. The van der Waals surface area contributed by atoms with E-state index in [1.165, 1.54) is 0 Å². The van der Waals surface area contributed by atoms with Crippen molar-refractivity contribution in [2.24, 2.45) is 0 Å². The molecule has 0 spiro atoms. The number of rotatable bonds is 8. The lowest BCUT2D eigenvalue weighted by Crippen LogP contribution is -2.31. The minimum absolute atomic E-state index is 0.0330. The molecule has 0 aliphatic carbocycles. The summed E-state index contributed by atoms with van der Waals surface area (Å²) >= 11 is 0. The van der Waals surface area contributed by atoms with E-state index in [1.54, 1.807) is 20.3 Å². The Labute approximate surface area is 128 Å². The Morgan fingerprint density at radius 3 is 2.24 bits per heavy atom. The van der Waals surface area contributed by atoms with Crippen molar-refractivity contribution < 1.29 is 14.3 Å². The highest BCUT2D eigenvalue weighted by Gasteiger charge is 2.22. The lowest BCUT2D eigenvalue weighted by Gasteiger charge is -2.22. The molecule has 0 aliphatic heterocycles. The van der Waals surface area contributed by atoms with Gasteiger partial charge in [0.15, 0.2) is 0 Å². The molecule has 1 amide bonds. The summed E-state index contributed by atoms with van der Waals surface area (Å²) in [5.74, 6) is 1.36. The highest BCUT2D eigenvalue weighted by Crippen LogP contribution is 2.31. The van der Waals surface area contributed by atoms with Crippen LogP contribution in [0.2, 0.25) is 0 Å². The third-order valence-electron chi connectivity index (χ3n) is 3.68. The molecule has 21 heavy (non-hydrogen) atoms. The zero-order valence-electron chi connectivity index (χ0n) is 13.9. The van der Waals surface area contributed by atoms with Gasteiger partial charge in [0.2, 0.25) is 0 Å². The van der Waals surface area contributed by atoms with E-state index in [2.05, 4.69) is 6.92 Å². The molecule has 4 nitrogen and oxygen atoms in total. The molecule has 0 unspecified atom stereocenters. The van der Waals surface area contributed by atoms with E-state index >= 15 is 0 Å². The van der Waals surface area contributed by atoms with Crippen molar-refractivity contribution in [3.63, 3.8) is 0 Å². The maximum atomic E-state index is 12.8. The van der Waals surface area contributed by atoms with Crippen molar-refractivity contribution in [2.75, 3.05) is 27.3 Å². The number of benzene rings is 1. The summed E-state index contributed by atoms with van der Waals surface area (Å²) in [6.07, 6.45) is 2.97. The van der Waals surface area contributed by atoms with Crippen molar-refractivity contribution >= 4 is 5.91 Å². The zero-order valence-corrected chi connectivity index (χ0v) is 13.9. The molecular formula is C17H27NO3. The van der Waals surface area contributed by atoms with E-state index in [4.69, 9.17) is 9.47 Å². The zero-order chi connectivity index (χ0) is 15.8. The van der Waals surface area contributed by atoms with Gasteiger partial charge in [-0.2, -0.15) is 0 Å². The fraction of sp³-hybridized carbons (Fsp3) is 0.588. The molecule has 1 rings (SSSR count). The van der Waals surface area contributed by atoms with Crippen LogP contribution in [0.1, 0.15) is 49.5 Å². The Balaban J connectivity index is 3.33. The minimum Gasteiger partial charge on any atom is -0.497 e. The summed E-state index contributed by atoms with van der Waals surface area (Å²) in [6.45, 7) is 7.50. The lowest BCUT2D eigenvalue weighted by molar-refractivity contribution is 0.0768. The first kappa shape index (κ1) is 17.3. The number of carbonyl (C=O) groups excluding carboxylic acids is 1. The third-order valence-corrected chi connectivity index (χ3v) is 3.68. The Morgan fingerprint density at radius 2 is 1.76 bits per heavy atom. The molecule has 0 aromatic heterocycles. The van der Waals surface area contributed by atoms with Gasteiger partial charge in [-0.15, -0.1) is 0 Å². The topological polar surface area (TPSA) is 38.8 Å². The Kier molecular flexibility index (Phi) is 7.06. The van der Waals surface area contributed by atoms with Gasteiger partial charge in [-0.05, 0) is 38.3 Å². The summed E-state index contributed by atoms with van der Waals surface area (Å²) in [5, 5.41) is 0. The van der Waals surface area contributed by atoms with Gasteiger partial charge >= 0.3 is 0 Å². The Morgan fingerprint density at radius 1 is 1.10 bits per heavy atom. The van der Waals surface area contributed by atoms with E-state index in [1.807, 2.05) is 24.8 Å². The minimum atomic E-state index is 0.0330. The summed E-state index contributed by atoms with van der Waals surface area (Å²) < 4.78 is 10.8. The van der Waals surface area contributed by atoms with Crippen LogP contribution in [0.15, 0.2) is 12.1 Å². The van der Waals surface area contributed by atoms with Crippen LogP contribution in [0.3, 0.4) is 0 Å². The molecule has 1 aromatic rings. The summed E-state index contributed by atoms with van der Waals surface area (Å²) in [5.41, 5.74) is 1.68. The highest BCUT2D eigenvalue weighted by molar-refractivity contribution is 5.98. The summed E-state index contributed by atoms with van der Waals surface area (Å²) in [4.78, 5) is 14.6. The standard InChI is InChI=1S/C17H27NO3/c1-6-9-10-13-11-14(20-4)12-15(21-5)16(13)17(19)18(7-2)8-3/h11-12H,6-10H2,1-5H3. The van der Waals surface area contributed by atoms with Crippen LogP contribution in [0.4, 0.5) is 0 Å². The molecule has 0 saturated carbocycles. The number of unbranched alkanes of at least 4 members (excludes halogenated alkanes) is 1. The van der Waals surface area contributed by atoms with Gasteiger partial charge in [0.1, 0.15) is 11.5 Å². The SMILES string of the molecule is CCCCc1cc(OC)cc(OC)c1C(=O)N(CC)CC. The number of aryl methyl sites for hydroxylation is 1. The second-order valence-electron chi connectivity index (χ2n) is 4.94. The van der Waals surface area contributed by atoms with Crippen LogP contribution in [0.25, 0.3) is 0 Å². The average molecular weight is 293 g/mol. The van der Waals surface area contributed by atoms with Crippen LogP contribution < -0.4 is 9.47 Å². The van der Waals surface area contributed by atoms with Gasteiger partial charge in [-0.3, -0.25) is 4.79 Å². The van der Waals surface area contributed by atoms with Crippen molar-refractivity contribution in [2.45, 2.75) is 40.0 Å². The van der Waals surface area contributed by atoms with Crippen molar-refractivity contribution in [3.05, 3.63) is 23.3 Å². The second kappa shape index (κ2) is 8.55. The van der Waals surface area contributed by atoms with Crippen LogP contribution in [-0.4, -0.2) is 38.1 Å². The van der Waals surface area contributed by atoms with Crippen LogP contribution in [0.5, 0.6) is 11.5 Å². The third kappa shape index (κ3) is 4.13. The molecule has 0 fully saturated rings. The van der Waals surface area contributed by atoms with Gasteiger partial charge in [-0.1, -0.05) is 13.3 Å². The van der Waals surface area contributed by atoms with Gasteiger partial charge in [-0.25, -0.2) is 0 Å². The molecule has 1 aromatic carbocycles.